The molecular formula is C18H24N2S. The number of rotatable bonds is 5. The van der Waals surface area contributed by atoms with E-state index in [0.717, 1.165) is 19.4 Å². The second-order valence-electron chi connectivity index (χ2n) is 6.05. The number of aryl methyl sites for hydroxylation is 1. The van der Waals surface area contributed by atoms with Gasteiger partial charge in [-0.15, -0.1) is 11.3 Å². The molecule has 1 unspecified atom stereocenters. The third-order valence-electron chi connectivity index (χ3n) is 4.34. The number of hydrogen-bond donors (Lipinski definition) is 1. The number of nitrogens with zero attached hydrogens (tertiary/aromatic N) is 1. The van der Waals surface area contributed by atoms with E-state index in [4.69, 9.17) is 4.98 Å². The van der Waals surface area contributed by atoms with E-state index in [0.29, 0.717) is 12.0 Å². The predicted octanol–water partition coefficient (Wildman–Crippen LogP) is 4.39. The van der Waals surface area contributed by atoms with Gasteiger partial charge in [0, 0.05) is 16.8 Å². The molecule has 1 aromatic heterocycles. The van der Waals surface area contributed by atoms with E-state index >= 15 is 0 Å². The first-order valence-corrected chi connectivity index (χ1v) is 8.78. The normalized spacial score (nSPS) is 16.1. The quantitative estimate of drug-likeness (QED) is 0.885. The lowest BCUT2D eigenvalue weighted by Gasteiger charge is -2.11. The Kier molecular flexibility index (Phi) is 4.41. The molecule has 3 rings (SSSR count). The molecule has 0 fully saturated rings. The molecule has 0 saturated carbocycles. The van der Waals surface area contributed by atoms with Gasteiger partial charge in [-0.3, -0.25) is 0 Å². The van der Waals surface area contributed by atoms with Crippen LogP contribution in [0.2, 0.25) is 0 Å². The van der Waals surface area contributed by atoms with Gasteiger partial charge in [0.05, 0.1) is 10.7 Å². The van der Waals surface area contributed by atoms with Crippen molar-refractivity contribution >= 4 is 11.3 Å². The zero-order valence-electron chi connectivity index (χ0n) is 13.1. The Morgan fingerprint density at radius 2 is 1.95 bits per heavy atom. The fraction of sp³-hybridized carbons (Fsp3) is 0.500. The Bertz CT molecular complexity index is 592. The van der Waals surface area contributed by atoms with E-state index in [1.165, 1.54) is 33.1 Å². The fourth-order valence-corrected chi connectivity index (χ4v) is 4.39. The summed E-state index contributed by atoms with van der Waals surface area (Å²) in [5.74, 6) is 0.582. The molecule has 0 aliphatic heterocycles. The van der Waals surface area contributed by atoms with Gasteiger partial charge in [0.1, 0.15) is 0 Å². The highest BCUT2D eigenvalue weighted by atomic mass is 32.1. The fourth-order valence-electron chi connectivity index (χ4n) is 3.19. The SMILES string of the molecule is CCCNC(C)c1sc(C2Cc3ccccc3C2)nc1C. The van der Waals surface area contributed by atoms with Crippen molar-refractivity contribution < 1.29 is 0 Å². The first-order chi connectivity index (χ1) is 10.2. The summed E-state index contributed by atoms with van der Waals surface area (Å²) in [7, 11) is 0. The van der Waals surface area contributed by atoms with Crippen LogP contribution in [-0.2, 0) is 12.8 Å². The van der Waals surface area contributed by atoms with Crippen LogP contribution in [0.3, 0.4) is 0 Å². The van der Waals surface area contributed by atoms with Crippen molar-refractivity contribution in [2.45, 2.75) is 52.0 Å². The van der Waals surface area contributed by atoms with E-state index in [-0.39, 0.29) is 0 Å². The summed E-state index contributed by atoms with van der Waals surface area (Å²) in [5.41, 5.74) is 4.23. The van der Waals surface area contributed by atoms with Gasteiger partial charge in [0.15, 0.2) is 0 Å². The lowest BCUT2D eigenvalue weighted by atomic mass is 10.1. The highest BCUT2D eigenvalue weighted by Gasteiger charge is 2.26. The zero-order chi connectivity index (χ0) is 14.8. The molecule has 2 nitrogen and oxygen atoms in total. The van der Waals surface area contributed by atoms with Gasteiger partial charge >= 0.3 is 0 Å². The Balaban J connectivity index is 1.76. The van der Waals surface area contributed by atoms with Crippen LogP contribution >= 0.6 is 11.3 Å². The Morgan fingerprint density at radius 1 is 1.29 bits per heavy atom. The predicted molar refractivity (Wildman–Crippen MR) is 90.2 cm³/mol. The molecule has 0 bridgehead atoms. The van der Waals surface area contributed by atoms with Crippen molar-refractivity contribution in [3.63, 3.8) is 0 Å². The van der Waals surface area contributed by atoms with Crippen LogP contribution in [0.4, 0.5) is 0 Å². The number of nitrogens with one attached hydrogen (secondary N) is 1. The molecule has 0 amide bonds. The molecule has 2 aromatic rings. The summed E-state index contributed by atoms with van der Waals surface area (Å²) in [6.07, 6.45) is 3.48. The van der Waals surface area contributed by atoms with E-state index in [1.807, 2.05) is 11.3 Å². The maximum Gasteiger partial charge on any atom is 0.0969 e. The molecule has 3 heteroatoms. The average molecular weight is 300 g/mol. The molecule has 112 valence electrons. The smallest absolute Gasteiger partial charge is 0.0969 e. The minimum absolute atomic E-state index is 0.417. The number of hydrogen-bond acceptors (Lipinski definition) is 3. The molecule has 0 spiro atoms. The number of thiazole rings is 1. The third-order valence-corrected chi connectivity index (χ3v) is 5.85. The summed E-state index contributed by atoms with van der Waals surface area (Å²) in [4.78, 5) is 6.29. The number of benzene rings is 1. The summed E-state index contributed by atoms with van der Waals surface area (Å²) in [6, 6.07) is 9.25. The molecule has 1 atom stereocenters. The molecule has 1 aromatic carbocycles. The Labute approximate surface area is 131 Å². The Morgan fingerprint density at radius 3 is 2.57 bits per heavy atom. The summed E-state index contributed by atoms with van der Waals surface area (Å²) < 4.78 is 0. The maximum atomic E-state index is 4.88. The van der Waals surface area contributed by atoms with Crippen LogP contribution in [0, 0.1) is 6.92 Å². The van der Waals surface area contributed by atoms with Crippen molar-refractivity contribution in [2.75, 3.05) is 6.54 Å². The number of fused-ring (bicyclic) bond motifs is 1. The van der Waals surface area contributed by atoms with Gasteiger partial charge in [0.2, 0.25) is 0 Å². The van der Waals surface area contributed by atoms with Crippen LogP contribution < -0.4 is 5.32 Å². The van der Waals surface area contributed by atoms with Crippen LogP contribution in [0.25, 0.3) is 0 Å². The largest absolute Gasteiger partial charge is 0.309 e. The molecule has 1 aliphatic carbocycles. The molecule has 1 aliphatic rings. The second kappa shape index (κ2) is 6.29. The van der Waals surface area contributed by atoms with E-state index in [2.05, 4.69) is 50.4 Å². The summed E-state index contributed by atoms with van der Waals surface area (Å²) in [5, 5.41) is 4.90. The first-order valence-electron chi connectivity index (χ1n) is 7.96. The van der Waals surface area contributed by atoms with E-state index in [9.17, 15) is 0 Å². The Hall–Kier alpha value is -1.19. The van der Waals surface area contributed by atoms with Gasteiger partial charge in [-0.05, 0) is 50.8 Å². The van der Waals surface area contributed by atoms with Crippen LogP contribution in [0.15, 0.2) is 24.3 Å². The van der Waals surface area contributed by atoms with Gasteiger partial charge in [-0.1, -0.05) is 31.2 Å². The van der Waals surface area contributed by atoms with Gasteiger partial charge < -0.3 is 5.32 Å². The average Bonchev–Trinajstić information content (AvgIpc) is 3.07. The second-order valence-corrected chi connectivity index (χ2v) is 7.11. The van der Waals surface area contributed by atoms with E-state index < -0.39 is 0 Å². The van der Waals surface area contributed by atoms with Crippen molar-refractivity contribution in [1.29, 1.82) is 0 Å². The first kappa shape index (κ1) is 14.7. The van der Waals surface area contributed by atoms with Gasteiger partial charge in [-0.2, -0.15) is 0 Å². The monoisotopic (exact) mass is 300 g/mol. The lowest BCUT2D eigenvalue weighted by molar-refractivity contribution is 0.575. The highest BCUT2D eigenvalue weighted by Crippen LogP contribution is 2.37. The van der Waals surface area contributed by atoms with E-state index in [1.54, 1.807) is 0 Å². The van der Waals surface area contributed by atoms with Crippen molar-refractivity contribution in [1.82, 2.24) is 10.3 Å². The zero-order valence-corrected chi connectivity index (χ0v) is 14.0. The van der Waals surface area contributed by atoms with Gasteiger partial charge in [0.25, 0.3) is 0 Å². The van der Waals surface area contributed by atoms with Crippen molar-refractivity contribution in [2.24, 2.45) is 0 Å². The van der Waals surface area contributed by atoms with Crippen LogP contribution in [0.5, 0.6) is 0 Å². The maximum absolute atomic E-state index is 4.88. The third kappa shape index (κ3) is 3.04. The summed E-state index contributed by atoms with van der Waals surface area (Å²) >= 11 is 1.91. The minimum Gasteiger partial charge on any atom is -0.309 e. The summed E-state index contributed by atoms with van der Waals surface area (Å²) in [6.45, 7) is 7.69. The molecular weight excluding hydrogens is 276 g/mol. The molecule has 0 saturated heterocycles. The van der Waals surface area contributed by atoms with Crippen molar-refractivity contribution in [3.05, 3.63) is 51.0 Å². The van der Waals surface area contributed by atoms with Crippen LogP contribution in [0.1, 0.15) is 58.9 Å². The standard InChI is InChI=1S/C18H24N2S/c1-4-9-19-12(2)17-13(3)20-18(21-17)16-10-14-7-5-6-8-15(14)11-16/h5-8,12,16,19H,4,9-11H2,1-3H3. The minimum atomic E-state index is 0.417. The molecule has 0 radical (unpaired) electrons. The molecule has 1 heterocycles. The molecule has 1 N–H and O–H groups in total. The van der Waals surface area contributed by atoms with Gasteiger partial charge in [-0.25, -0.2) is 4.98 Å². The highest BCUT2D eigenvalue weighted by molar-refractivity contribution is 7.11. The number of aromatic nitrogens is 1. The lowest BCUT2D eigenvalue weighted by Crippen LogP contribution is -2.18. The van der Waals surface area contributed by atoms with Crippen LogP contribution in [-0.4, -0.2) is 11.5 Å². The topological polar surface area (TPSA) is 24.9 Å². The van der Waals surface area contributed by atoms with Crippen molar-refractivity contribution in [3.8, 4) is 0 Å². The molecule has 21 heavy (non-hydrogen) atoms.